The summed E-state index contributed by atoms with van der Waals surface area (Å²) >= 11 is 0. The molecule has 2 heteroatoms. The Kier molecular flexibility index (Phi) is 4.41. The van der Waals surface area contributed by atoms with Crippen LogP contribution in [0.1, 0.15) is 49.4 Å². The fraction of sp³-hybridized carbons (Fsp3) is 0.625. The van der Waals surface area contributed by atoms with E-state index in [9.17, 15) is 0 Å². The van der Waals surface area contributed by atoms with Crippen molar-refractivity contribution in [2.75, 3.05) is 6.61 Å². The van der Waals surface area contributed by atoms with Crippen LogP contribution in [0.3, 0.4) is 0 Å². The minimum absolute atomic E-state index is 0.379. The summed E-state index contributed by atoms with van der Waals surface area (Å²) in [6.07, 6.45) is 2.78. The topological polar surface area (TPSA) is 21.3 Å². The lowest BCUT2D eigenvalue weighted by atomic mass is 9.99. The highest BCUT2D eigenvalue weighted by Crippen LogP contribution is 2.22. The van der Waals surface area contributed by atoms with Gasteiger partial charge in [-0.25, -0.2) is 0 Å². The van der Waals surface area contributed by atoms with Crippen molar-refractivity contribution in [1.82, 2.24) is 5.32 Å². The van der Waals surface area contributed by atoms with E-state index in [0.717, 1.165) is 6.61 Å². The summed E-state index contributed by atoms with van der Waals surface area (Å²) in [5.41, 5.74) is 4.09. The predicted octanol–water partition coefficient (Wildman–Crippen LogP) is 3.52. The van der Waals surface area contributed by atoms with Gasteiger partial charge in [0.1, 0.15) is 0 Å². The van der Waals surface area contributed by atoms with Crippen LogP contribution in [0, 0.1) is 13.8 Å². The maximum atomic E-state index is 5.74. The summed E-state index contributed by atoms with van der Waals surface area (Å²) in [5.74, 6) is 0. The molecule has 1 aromatic carbocycles. The Balaban J connectivity index is 2.00. The quantitative estimate of drug-likeness (QED) is 0.879. The Morgan fingerprint density at radius 3 is 2.67 bits per heavy atom. The monoisotopic (exact) mass is 247 g/mol. The first-order chi connectivity index (χ1) is 8.58. The molecule has 1 heterocycles. The molecule has 1 N–H and O–H groups in total. The van der Waals surface area contributed by atoms with Crippen LogP contribution >= 0.6 is 0 Å². The molecule has 3 atom stereocenters. The van der Waals surface area contributed by atoms with Gasteiger partial charge in [0.05, 0.1) is 6.10 Å². The first kappa shape index (κ1) is 13.6. The van der Waals surface area contributed by atoms with Crippen molar-refractivity contribution in [1.29, 1.82) is 0 Å². The van der Waals surface area contributed by atoms with Crippen molar-refractivity contribution >= 4 is 0 Å². The van der Waals surface area contributed by atoms with Crippen LogP contribution in [0.4, 0.5) is 0 Å². The number of hydrogen-bond acceptors (Lipinski definition) is 2. The van der Waals surface area contributed by atoms with Crippen molar-refractivity contribution < 1.29 is 4.74 Å². The van der Waals surface area contributed by atoms with E-state index in [4.69, 9.17) is 4.74 Å². The Bertz CT molecular complexity index is 396. The average Bonchev–Trinajstić information content (AvgIpc) is 2.81. The summed E-state index contributed by atoms with van der Waals surface area (Å²) in [4.78, 5) is 0. The Morgan fingerprint density at radius 2 is 2.06 bits per heavy atom. The Labute approximate surface area is 111 Å². The molecule has 0 aromatic heterocycles. The highest BCUT2D eigenvalue weighted by atomic mass is 16.5. The van der Waals surface area contributed by atoms with Crippen LogP contribution in [-0.4, -0.2) is 18.8 Å². The second-order valence-electron chi connectivity index (χ2n) is 5.59. The van der Waals surface area contributed by atoms with Crippen LogP contribution < -0.4 is 5.32 Å². The van der Waals surface area contributed by atoms with Crippen LogP contribution in [0.2, 0.25) is 0 Å². The third-order valence-corrected chi connectivity index (χ3v) is 3.93. The van der Waals surface area contributed by atoms with Crippen molar-refractivity contribution in [2.24, 2.45) is 0 Å². The zero-order valence-corrected chi connectivity index (χ0v) is 12.0. The number of benzene rings is 1. The highest BCUT2D eigenvalue weighted by Gasteiger charge is 2.23. The number of ether oxygens (including phenoxy) is 1. The third-order valence-electron chi connectivity index (χ3n) is 3.93. The minimum atomic E-state index is 0.379. The van der Waals surface area contributed by atoms with Crippen molar-refractivity contribution in [3.05, 3.63) is 34.9 Å². The first-order valence-corrected chi connectivity index (χ1v) is 7.02. The number of aryl methyl sites for hydroxylation is 2. The van der Waals surface area contributed by atoms with Crippen molar-refractivity contribution in [2.45, 2.75) is 58.7 Å². The standard InChI is InChI=1S/C16H25NO/c1-11-7-8-15(12(2)10-11)13(3)17-14(4)16-6-5-9-18-16/h7-8,10,13-14,16-17H,5-6,9H2,1-4H3. The van der Waals surface area contributed by atoms with E-state index in [1.54, 1.807) is 0 Å². The molecular weight excluding hydrogens is 222 g/mol. The van der Waals surface area contributed by atoms with Gasteiger partial charge in [-0.3, -0.25) is 0 Å². The highest BCUT2D eigenvalue weighted by molar-refractivity contribution is 5.32. The van der Waals surface area contributed by atoms with Gasteiger partial charge in [-0.1, -0.05) is 23.8 Å². The SMILES string of the molecule is Cc1ccc(C(C)NC(C)C2CCCO2)c(C)c1. The molecular formula is C16H25NO. The molecule has 100 valence electrons. The van der Waals surface area contributed by atoms with Crippen molar-refractivity contribution in [3.63, 3.8) is 0 Å². The summed E-state index contributed by atoms with van der Waals surface area (Å²) in [7, 11) is 0. The third kappa shape index (κ3) is 3.12. The van der Waals surface area contributed by atoms with E-state index in [2.05, 4.69) is 51.2 Å². The second kappa shape index (κ2) is 5.85. The molecule has 0 bridgehead atoms. The van der Waals surface area contributed by atoms with Crippen LogP contribution in [-0.2, 0) is 4.74 Å². The van der Waals surface area contributed by atoms with Gasteiger partial charge in [0.15, 0.2) is 0 Å². The molecule has 1 aromatic rings. The molecule has 1 fully saturated rings. The minimum Gasteiger partial charge on any atom is -0.377 e. The maximum absolute atomic E-state index is 5.74. The second-order valence-corrected chi connectivity index (χ2v) is 5.59. The molecule has 0 radical (unpaired) electrons. The summed E-state index contributed by atoms with van der Waals surface area (Å²) < 4.78 is 5.74. The largest absolute Gasteiger partial charge is 0.377 e. The van der Waals surface area contributed by atoms with Gasteiger partial charge in [-0.05, 0) is 51.7 Å². The van der Waals surface area contributed by atoms with Gasteiger partial charge in [-0.15, -0.1) is 0 Å². The predicted molar refractivity (Wildman–Crippen MR) is 75.9 cm³/mol. The zero-order valence-electron chi connectivity index (χ0n) is 12.0. The van der Waals surface area contributed by atoms with Crippen LogP contribution in [0.5, 0.6) is 0 Å². The lowest BCUT2D eigenvalue weighted by molar-refractivity contribution is 0.0804. The van der Waals surface area contributed by atoms with Gasteiger partial charge in [0.2, 0.25) is 0 Å². The Hall–Kier alpha value is -0.860. The van der Waals surface area contributed by atoms with Gasteiger partial charge in [-0.2, -0.15) is 0 Å². The maximum Gasteiger partial charge on any atom is 0.0726 e. The molecule has 0 spiro atoms. The smallest absolute Gasteiger partial charge is 0.0726 e. The molecule has 2 rings (SSSR count). The number of rotatable bonds is 4. The van der Waals surface area contributed by atoms with E-state index in [1.807, 2.05) is 0 Å². The summed E-state index contributed by atoms with van der Waals surface area (Å²) in [5, 5.41) is 3.67. The van der Waals surface area contributed by atoms with E-state index < -0.39 is 0 Å². The summed E-state index contributed by atoms with van der Waals surface area (Å²) in [6, 6.07) is 7.49. The molecule has 1 saturated heterocycles. The average molecular weight is 247 g/mol. The molecule has 0 amide bonds. The number of nitrogens with one attached hydrogen (secondary N) is 1. The van der Waals surface area contributed by atoms with E-state index in [-0.39, 0.29) is 0 Å². The van der Waals surface area contributed by atoms with Gasteiger partial charge < -0.3 is 10.1 Å². The fourth-order valence-corrected chi connectivity index (χ4v) is 2.90. The summed E-state index contributed by atoms with van der Waals surface area (Å²) in [6.45, 7) is 9.73. The van der Waals surface area contributed by atoms with Gasteiger partial charge in [0.25, 0.3) is 0 Å². The first-order valence-electron chi connectivity index (χ1n) is 7.02. The van der Waals surface area contributed by atoms with E-state index in [1.165, 1.54) is 29.5 Å². The molecule has 0 saturated carbocycles. The Morgan fingerprint density at radius 1 is 1.28 bits per heavy atom. The van der Waals surface area contributed by atoms with Crippen LogP contribution in [0.15, 0.2) is 18.2 Å². The van der Waals surface area contributed by atoms with Gasteiger partial charge >= 0.3 is 0 Å². The zero-order chi connectivity index (χ0) is 13.1. The molecule has 0 aliphatic carbocycles. The van der Waals surface area contributed by atoms with E-state index >= 15 is 0 Å². The number of hydrogen-bond donors (Lipinski definition) is 1. The molecule has 1 aliphatic rings. The molecule has 2 nitrogen and oxygen atoms in total. The van der Waals surface area contributed by atoms with Crippen molar-refractivity contribution in [3.8, 4) is 0 Å². The van der Waals surface area contributed by atoms with Crippen LogP contribution in [0.25, 0.3) is 0 Å². The molecule has 18 heavy (non-hydrogen) atoms. The fourth-order valence-electron chi connectivity index (χ4n) is 2.90. The van der Waals surface area contributed by atoms with E-state index in [0.29, 0.717) is 18.2 Å². The lowest BCUT2D eigenvalue weighted by Gasteiger charge is -2.25. The molecule has 1 aliphatic heterocycles. The molecule has 3 unspecified atom stereocenters. The lowest BCUT2D eigenvalue weighted by Crippen LogP contribution is -2.38. The normalized spacial score (nSPS) is 23.0. The van der Waals surface area contributed by atoms with Gasteiger partial charge in [0, 0.05) is 18.7 Å².